The molecule has 124 valence electrons. The molecule has 0 saturated heterocycles. The van der Waals surface area contributed by atoms with Crippen molar-refractivity contribution in [3.8, 4) is 0 Å². The first-order valence-corrected chi connectivity index (χ1v) is 7.97. The number of esters is 1. The van der Waals surface area contributed by atoms with Crippen molar-refractivity contribution < 1.29 is 14.5 Å². The molecule has 8 nitrogen and oxygen atoms in total. The monoisotopic (exact) mass is 347 g/mol. The Kier molecular flexibility index (Phi) is 4.43. The molecule has 1 aromatic carbocycles. The lowest BCUT2D eigenvalue weighted by Crippen LogP contribution is -2.18. The minimum Gasteiger partial charge on any atom is -0.461 e. The van der Waals surface area contributed by atoms with Crippen LogP contribution in [0.15, 0.2) is 41.2 Å². The number of nitrogens with zero attached hydrogens (tertiary/aromatic N) is 2. The van der Waals surface area contributed by atoms with Gasteiger partial charge in [0.05, 0.1) is 22.6 Å². The van der Waals surface area contributed by atoms with Crippen LogP contribution in [0.2, 0.25) is 0 Å². The van der Waals surface area contributed by atoms with Crippen molar-refractivity contribution in [2.75, 3.05) is 6.61 Å². The highest BCUT2D eigenvalue weighted by Gasteiger charge is 2.16. The van der Waals surface area contributed by atoms with Gasteiger partial charge in [-0.1, -0.05) is 23.5 Å². The number of para-hydroxylation sites is 2. The Labute approximate surface area is 139 Å². The van der Waals surface area contributed by atoms with E-state index in [-0.39, 0.29) is 22.2 Å². The number of imidazole rings is 1. The minimum atomic E-state index is -0.598. The van der Waals surface area contributed by atoms with E-state index in [4.69, 9.17) is 4.74 Å². The molecule has 0 bridgehead atoms. The van der Waals surface area contributed by atoms with Crippen LogP contribution in [0.1, 0.15) is 16.1 Å². The highest BCUT2D eigenvalue weighted by Crippen LogP contribution is 2.24. The first-order chi connectivity index (χ1) is 11.6. The molecule has 3 rings (SSSR count). The predicted molar refractivity (Wildman–Crippen MR) is 88.4 cm³/mol. The fourth-order valence-electron chi connectivity index (χ4n) is 2.32. The SMILES string of the molecule is O=C(OCCCn1c(=O)[nH]c2ccccc21)c1ccc([N+](=O)[O-])s1. The molecule has 0 spiro atoms. The second kappa shape index (κ2) is 6.67. The van der Waals surface area contributed by atoms with Crippen molar-refractivity contribution in [1.82, 2.24) is 9.55 Å². The third-order valence-corrected chi connectivity index (χ3v) is 4.43. The topological polar surface area (TPSA) is 107 Å². The lowest BCUT2D eigenvalue weighted by Gasteiger charge is -2.04. The molecule has 1 N–H and O–H groups in total. The summed E-state index contributed by atoms with van der Waals surface area (Å²) in [6.45, 7) is 0.525. The van der Waals surface area contributed by atoms with Gasteiger partial charge in [0.25, 0.3) is 0 Å². The van der Waals surface area contributed by atoms with E-state index in [1.54, 1.807) is 4.57 Å². The number of nitro groups is 1. The van der Waals surface area contributed by atoms with E-state index in [1.165, 1.54) is 12.1 Å². The van der Waals surface area contributed by atoms with Gasteiger partial charge in [0.15, 0.2) is 0 Å². The van der Waals surface area contributed by atoms with Crippen LogP contribution in [0.3, 0.4) is 0 Å². The van der Waals surface area contributed by atoms with Crippen molar-refractivity contribution in [2.45, 2.75) is 13.0 Å². The number of hydrogen-bond donors (Lipinski definition) is 1. The summed E-state index contributed by atoms with van der Waals surface area (Å²) < 4.78 is 6.68. The number of nitrogens with one attached hydrogen (secondary N) is 1. The molecule has 0 atom stereocenters. The van der Waals surface area contributed by atoms with Crippen LogP contribution in [0.25, 0.3) is 11.0 Å². The van der Waals surface area contributed by atoms with Gasteiger partial charge in [-0.25, -0.2) is 9.59 Å². The van der Waals surface area contributed by atoms with Crippen molar-refractivity contribution in [2.24, 2.45) is 0 Å². The van der Waals surface area contributed by atoms with Crippen LogP contribution in [-0.2, 0) is 11.3 Å². The molecule has 0 fully saturated rings. The van der Waals surface area contributed by atoms with Crippen molar-refractivity contribution in [3.05, 3.63) is 61.9 Å². The van der Waals surface area contributed by atoms with Gasteiger partial charge in [-0.15, -0.1) is 0 Å². The number of hydrogen-bond acceptors (Lipinski definition) is 6. The van der Waals surface area contributed by atoms with Gasteiger partial charge >= 0.3 is 16.7 Å². The molecule has 0 saturated carbocycles. The fraction of sp³-hybridized carbons (Fsp3) is 0.200. The average molecular weight is 347 g/mol. The van der Waals surface area contributed by atoms with Gasteiger partial charge in [0.2, 0.25) is 0 Å². The molecule has 0 amide bonds. The van der Waals surface area contributed by atoms with Crippen molar-refractivity contribution >= 4 is 33.3 Å². The zero-order valence-electron chi connectivity index (χ0n) is 12.4. The van der Waals surface area contributed by atoms with E-state index in [9.17, 15) is 19.7 Å². The molecule has 2 aromatic heterocycles. The Morgan fingerprint density at radius 1 is 1.29 bits per heavy atom. The van der Waals surface area contributed by atoms with Crippen molar-refractivity contribution in [1.29, 1.82) is 0 Å². The summed E-state index contributed by atoms with van der Waals surface area (Å²) in [5.74, 6) is -0.598. The Hall–Kier alpha value is -2.94. The van der Waals surface area contributed by atoms with Gasteiger partial charge < -0.3 is 9.72 Å². The Bertz CT molecular complexity index is 955. The normalized spacial score (nSPS) is 10.8. The van der Waals surface area contributed by atoms with Gasteiger partial charge in [0.1, 0.15) is 4.88 Å². The van der Waals surface area contributed by atoms with Crippen LogP contribution in [-0.4, -0.2) is 27.1 Å². The number of aryl methyl sites for hydroxylation is 1. The van der Waals surface area contributed by atoms with Crippen LogP contribution < -0.4 is 5.69 Å². The number of benzene rings is 1. The molecule has 0 aliphatic rings. The third kappa shape index (κ3) is 3.20. The summed E-state index contributed by atoms with van der Waals surface area (Å²) in [4.78, 5) is 36.7. The van der Waals surface area contributed by atoms with Crippen LogP contribution in [0.4, 0.5) is 5.00 Å². The maximum Gasteiger partial charge on any atom is 0.348 e. The van der Waals surface area contributed by atoms with E-state index < -0.39 is 10.9 Å². The summed E-state index contributed by atoms with van der Waals surface area (Å²) in [7, 11) is 0. The maximum atomic E-state index is 11.9. The second-order valence-corrected chi connectivity index (χ2v) is 6.05. The molecular formula is C15H13N3O5S. The fourth-order valence-corrected chi connectivity index (χ4v) is 3.04. The molecule has 2 heterocycles. The van der Waals surface area contributed by atoms with Crippen LogP contribution >= 0.6 is 11.3 Å². The second-order valence-electron chi connectivity index (χ2n) is 4.98. The van der Waals surface area contributed by atoms with E-state index in [0.717, 1.165) is 22.4 Å². The highest BCUT2D eigenvalue weighted by molar-refractivity contribution is 7.17. The lowest BCUT2D eigenvalue weighted by molar-refractivity contribution is -0.380. The van der Waals surface area contributed by atoms with E-state index >= 15 is 0 Å². The summed E-state index contributed by atoms with van der Waals surface area (Å²) >= 11 is 0.775. The van der Waals surface area contributed by atoms with E-state index in [0.29, 0.717) is 13.0 Å². The predicted octanol–water partition coefficient (Wildman–Crippen LogP) is 2.55. The summed E-state index contributed by atoms with van der Waals surface area (Å²) in [5, 5.41) is 10.5. The molecule has 0 aliphatic heterocycles. The summed E-state index contributed by atoms with van der Waals surface area (Å²) in [6, 6.07) is 9.98. The smallest absolute Gasteiger partial charge is 0.348 e. The maximum absolute atomic E-state index is 11.9. The molecule has 0 unspecified atom stereocenters. The number of ether oxygens (including phenoxy) is 1. The molecule has 0 aliphatic carbocycles. The first-order valence-electron chi connectivity index (χ1n) is 7.15. The van der Waals surface area contributed by atoms with Gasteiger partial charge in [-0.2, -0.15) is 0 Å². The average Bonchev–Trinajstić information content (AvgIpc) is 3.16. The number of aromatic amines is 1. The molecule has 24 heavy (non-hydrogen) atoms. The van der Waals surface area contributed by atoms with E-state index in [2.05, 4.69) is 4.98 Å². The number of thiophene rings is 1. The van der Waals surface area contributed by atoms with Crippen molar-refractivity contribution in [3.63, 3.8) is 0 Å². The number of aromatic nitrogens is 2. The quantitative estimate of drug-likeness (QED) is 0.319. The van der Waals surface area contributed by atoms with E-state index in [1.807, 2.05) is 24.3 Å². The molecule has 0 radical (unpaired) electrons. The number of H-pyrrole nitrogens is 1. The largest absolute Gasteiger partial charge is 0.461 e. The highest BCUT2D eigenvalue weighted by atomic mass is 32.1. The van der Waals surface area contributed by atoms with Gasteiger partial charge in [-0.05, 0) is 24.6 Å². The summed E-state index contributed by atoms with van der Waals surface area (Å²) in [6.07, 6.45) is 0.459. The van der Waals surface area contributed by atoms with Gasteiger partial charge in [0, 0.05) is 12.6 Å². The molecule has 9 heteroatoms. The molecular weight excluding hydrogens is 334 g/mol. The Balaban J connectivity index is 1.56. The standard InChI is InChI=1S/C15H13N3O5S/c19-14(12-6-7-13(24-12)18(21)22)23-9-3-8-17-11-5-2-1-4-10(11)16-15(17)20/h1-2,4-7H,3,8-9H2,(H,16,20). The minimum absolute atomic E-state index is 0.104. The van der Waals surface area contributed by atoms with Crippen LogP contribution in [0, 0.1) is 10.1 Å². The Morgan fingerprint density at radius 2 is 2.08 bits per heavy atom. The number of carbonyl (C=O) groups excluding carboxylic acids is 1. The lowest BCUT2D eigenvalue weighted by atomic mass is 10.3. The summed E-state index contributed by atoms with van der Waals surface area (Å²) in [5.41, 5.74) is 1.34. The zero-order chi connectivity index (χ0) is 17.1. The number of fused-ring (bicyclic) bond motifs is 1. The number of rotatable bonds is 6. The van der Waals surface area contributed by atoms with Gasteiger partial charge in [-0.3, -0.25) is 14.7 Å². The molecule has 3 aromatic rings. The van der Waals surface area contributed by atoms with Crippen LogP contribution in [0.5, 0.6) is 0 Å². The number of carbonyl (C=O) groups is 1. The third-order valence-electron chi connectivity index (χ3n) is 3.41. The first kappa shape index (κ1) is 15.9. The Morgan fingerprint density at radius 3 is 2.83 bits per heavy atom. The zero-order valence-corrected chi connectivity index (χ0v) is 13.2.